The Morgan fingerprint density at radius 2 is 1.11 bits per heavy atom. The molecule has 2 saturated heterocycles. The topological polar surface area (TPSA) is 293 Å². The molecule has 0 unspecified atom stereocenters. The number of halogens is 3. The Bertz CT molecular complexity index is 3960. The number of carbonyl (C=O) groups excluding carboxylic acids is 5. The van der Waals surface area contributed by atoms with E-state index >= 15 is 0 Å². The second kappa shape index (κ2) is 27.8. The Balaban J connectivity index is 0.000000199. The minimum atomic E-state index is -1.03. The molecule has 0 bridgehead atoms. The molecule has 8 heterocycles. The number of rotatable bonds is 14. The highest BCUT2D eigenvalue weighted by Gasteiger charge is 2.64. The van der Waals surface area contributed by atoms with Gasteiger partial charge in [0.15, 0.2) is 11.6 Å². The van der Waals surface area contributed by atoms with Gasteiger partial charge in [0, 0.05) is 95.0 Å². The average Bonchev–Trinajstić information content (AvgIpc) is 1.57. The molecule has 2 saturated carbocycles. The van der Waals surface area contributed by atoms with E-state index < -0.39 is 12.0 Å². The quantitative estimate of drug-likeness (QED) is 0.0584. The first-order chi connectivity index (χ1) is 40.5. The maximum atomic E-state index is 13.8. The highest BCUT2D eigenvalue weighted by atomic mass is 79.9. The summed E-state index contributed by atoms with van der Waals surface area (Å²) in [6, 6.07) is 18.7. The molecule has 6 aromatic heterocycles. The number of hydrogen-bond acceptors (Lipinski definition) is 19. The number of methoxy groups -OCH3 is 2. The van der Waals surface area contributed by atoms with Crippen molar-refractivity contribution < 1.29 is 43.3 Å². The number of piperidine rings is 2. The molecule has 87 heavy (non-hydrogen) atoms. The molecule has 0 spiro atoms. The summed E-state index contributed by atoms with van der Waals surface area (Å²) >= 11 is 14.0. The summed E-state index contributed by atoms with van der Waals surface area (Å²) in [6.07, 6.45) is 10.1. The Labute approximate surface area is 539 Å². The number of aliphatic carboxylic acids is 1. The van der Waals surface area contributed by atoms with Crippen LogP contribution < -0.4 is 25.4 Å². The zero-order chi connectivity index (χ0) is 61.2. The van der Waals surface area contributed by atoms with E-state index in [1.54, 1.807) is 52.6 Å². The van der Waals surface area contributed by atoms with Gasteiger partial charge in [-0.15, -0.1) is 12.4 Å². The number of anilines is 2. The molecule has 4 N–H and O–H groups in total. The van der Waals surface area contributed by atoms with Crippen LogP contribution in [0.15, 0.2) is 94.7 Å². The number of pyridine rings is 2. The average molecular weight is 1390 g/mol. The molecule has 4 fully saturated rings. The van der Waals surface area contributed by atoms with Crippen molar-refractivity contribution in [3.05, 3.63) is 117 Å². The van der Waals surface area contributed by atoms with Crippen LogP contribution >= 0.6 is 57.8 Å². The van der Waals surface area contributed by atoms with Crippen molar-refractivity contribution in [2.24, 2.45) is 10.8 Å². The number of likely N-dealkylation sites (tertiary alicyclic amines) is 1. The highest BCUT2D eigenvalue weighted by molar-refractivity contribution is 9.10. The van der Waals surface area contributed by atoms with Crippen LogP contribution in [-0.4, -0.2) is 133 Å². The molecule has 3 amide bonds. The molecule has 2 aliphatic carbocycles. The van der Waals surface area contributed by atoms with Gasteiger partial charge in [0.05, 0.1) is 31.3 Å². The van der Waals surface area contributed by atoms with E-state index in [1.807, 2.05) is 56.3 Å². The molecule has 6 atom stereocenters. The number of ether oxygens (including phenoxy) is 2. The third-order valence-electron chi connectivity index (χ3n) is 15.6. The molecule has 456 valence electrons. The number of benzene rings is 2. The van der Waals surface area contributed by atoms with Gasteiger partial charge < -0.3 is 35.4 Å². The number of aromatic nitrogens is 10. The number of nitrogens with one attached hydrogen (secondary N) is 3. The molecule has 8 aromatic rings. The Kier molecular flexibility index (Phi) is 21.5. The van der Waals surface area contributed by atoms with Gasteiger partial charge in [-0.3, -0.25) is 38.1 Å². The van der Waals surface area contributed by atoms with Crippen molar-refractivity contribution in [1.29, 1.82) is 0 Å². The molecule has 12 rings (SSSR count). The van der Waals surface area contributed by atoms with E-state index in [2.05, 4.69) is 124 Å². The fourth-order valence-electron chi connectivity index (χ4n) is 10.8. The van der Waals surface area contributed by atoms with Crippen LogP contribution in [-0.2, 0) is 54.6 Å². The minimum Gasteiger partial charge on any atom is -0.480 e. The fraction of sp³-hybridized carbons (Fsp3) is 0.345. The molecule has 2 aliphatic heterocycles. The van der Waals surface area contributed by atoms with Gasteiger partial charge in [0.2, 0.25) is 17.7 Å². The second-order valence-corrected chi connectivity index (χ2v) is 23.3. The van der Waals surface area contributed by atoms with Crippen LogP contribution in [0.4, 0.5) is 11.6 Å². The number of hydrogen-bond donors (Lipinski definition) is 4. The van der Waals surface area contributed by atoms with Gasteiger partial charge >= 0.3 is 18.0 Å². The Morgan fingerprint density at radius 1 is 0.655 bits per heavy atom. The van der Waals surface area contributed by atoms with Crippen molar-refractivity contribution in [3.8, 4) is 34.3 Å². The summed E-state index contributed by atoms with van der Waals surface area (Å²) in [4.78, 5) is 102. The first kappa shape index (κ1) is 67.2. The predicted octanol–water partition coefficient (Wildman–Crippen LogP) is 8.74. The monoisotopic (exact) mass is 1390 g/mol. The molecule has 4 aliphatic rings. The van der Waals surface area contributed by atoms with Gasteiger partial charge in [-0.1, -0.05) is 38.1 Å². The van der Waals surface area contributed by atoms with E-state index in [1.165, 1.54) is 39.2 Å². The number of amides is 3. The van der Waals surface area contributed by atoms with Crippen molar-refractivity contribution in [2.45, 2.75) is 104 Å². The number of ketones is 2. The van der Waals surface area contributed by atoms with Crippen molar-refractivity contribution in [1.82, 2.24) is 59.7 Å². The van der Waals surface area contributed by atoms with Gasteiger partial charge in [-0.25, -0.2) is 29.9 Å². The van der Waals surface area contributed by atoms with E-state index in [-0.39, 0.29) is 109 Å². The third-order valence-corrected chi connectivity index (χ3v) is 16.5. The minimum absolute atomic E-state index is 0. The molecule has 29 heteroatoms. The Morgan fingerprint density at radius 3 is 1.54 bits per heavy atom. The molecule has 23 nitrogen and oxygen atoms in total. The summed E-state index contributed by atoms with van der Waals surface area (Å²) in [6.45, 7) is 10.6. The number of nitrogens with zero attached hydrogens (tertiary/aromatic N) is 11. The summed E-state index contributed by atoms with van der Waals surface area (Å²) in [5, 5.41) is 28.1. The standard InChI is InChI=1S/C29H28BrN7O4.C16H14N4O4.C13H16BrN3O.ClH.S2.H2S/c1-15-5-8-23(30)33-26(15)34-27(40)21-10-29(3)11-22(29)37(21)24(39)14-36-20-7-6-17(9-19(20)25(35-36)16(2)38)18-12-31-28(41-4)32-13-18;1-9(21)15-12-5-10(11-6-17-16(24-2)18-7-11)3-4-13(12)20(19-15)8-14(22)23;1-7-3-4-10(14)16-11(7)17-12(18)8-5-13(2)6-9(13)15-8;;1-2;/h5-9,12-13,21-22H,10-11,14H2,1-4H3,(H,33,34,40);3-7H,8H2,1-2H3,(H,22,23);3-4,8-9,15H,5-6H2,1-2H3,(H,16,17,18);1H;;1H2/t21-,22+,29-;;8-,9+,13-;;;/m0.0.../s1. The van der Waals surface area contributed by atoms with Crippen LogP contribution in [0.25, 0.3) is 44.1 Å². The van der Waals surface area contributed by atoms with E-state index in [4.69, 9.17) is 14.6 Å². The maximum Gasteiger partial charge on any atom is 0.325 e. The van der Waals surface area contributed by atoms with Crippen LogP contribution in [0.1, 0.15) is 85.5 Å². The SMILES string of the molecule is COc1ncc(-c2ccc3c(c2)c(C(C)=O)nn3CC(=O)N2[C@H](C(=O)Nc3nc(Br)ccc3C)C[C@@]3(C)C[C@@H]23)cn1.COc1ncc(-c2ccc3c(c2)c(C(C)=O)nn3CC(=O)O)cn1.Cc1ccc(Br)nc1NC(=O)[C@@H]1C[C@@]2(C)C[C@H]2N1.Cl.S.S=S. The van der Waals surface area contributed by atoms with Crippen LogP contribution in [0, 0.1) is 24.7 Å². The first-order valence-electron chi connectivity index (χ1n) is 26.6. The zero-order valence-electron chi connectivity index (χ0n) is 48.2. The number of aryl methyl sites for hydroxylation is 2. The smallest absolute Gasteiger partial charge is 0.325 e. The third kappa shape index (κ3) is 14.8. The largest absolute Gasteiger partial charge is 0.480 e. The summed E-state index contributed by atoms with van der Waals surface area (Å²) in [7, 11) is 2.98. The van der Waals surface area contributed by atoms with Crippen LogP contribution in [0.3, 0.4) is 0 Å². The van der Waals surface area contributed by atoms with Crippen LogP contribution in [0.2, 0.25) is 0 Å². The van der Waals surface area contributed by atoms with Crippen LogP contribution in [0.5, 0.6) is 12.0 Å². The lowest BCUT2D eigenvalue weighted by atomic mass is 10.0. The predicted molar refractivity (Wildman–Crippen MR) is 345 cm³/mol. The number of carboxylic acid groups (broad SMARTS) is 1. The first-order valence-corrected chi connectivity index (χ1v) is 29.6. The molecule has 2 aromatic carbocycles. The number of fused-ring (bicyclic) bond motifs is 4. The normalized spacial score (nSPS) is 19.8. The second-order valence-electron chi connectivity index (χ2n) is 21.7. The summed E-state index contributed by atoms with van der Waals surface area (Å²) < 4.78 is 14.2. The van der Waals surface area contributed by atoms with E-state index in [0.717, 1.165) is 50.8 Å². The lowest BCUT2D eigenvalue weighted by molar-refractivity contribution is -0.138. The highest BCUT2D eigenvalue weighted by Crippen LogP contribution is 2.59. The maximum absolute atomic E-state index is 13.8. The zero-order valence-corrected chi connectivity index (χ0v) is 54.9. The summed E-state index contributed by atoms with van der Waals surface area (Å²) in [5.41, 5.74) is 6.89. The number of carbonyl (C=O) groups is 6. The van der Waals surface area contributed by atoms with Gasteiger partial charge in [-0.05, 0) is 141 Å². The van der Waals surface area contributed by atoms with Gasteiger partial charge in [-0.2, -0.15) is 23.7 Å². The van der Waals surface area contributed by atoms with Gasteiger partial charge in [0.25, 0.3) is 0 Å². The number of Topliss-reactive ketones (excluding diaryl/α,β-unsaturated/α-hetero) is 2. The molecular formula is C58H61Br2ClN14O9S3. The van der Waals surface area contributed by atoms with Gasteiger partial charge in [0.1, 0.15) is 51.4 Å². The molecule has 0 radical (unpaired) electrons. The lowest BCUT2D eigenvalue weighted by Gasteiger charge is -2.27. The Hall–Kier alpha value is -7.34. The van der Waals surface area contributed by atoms with Crippen molar-refractivity contribution in [2.75, 3.05) is 24.9 Å². The van der Waals surface area contributed by atoms with Crippen molar-refractivity contribution >= 4 is 149 Å². The fourth-order valence-corrected chi connectivity index (χ4v) is 11.4. The van der Waals surface area contributed by atoms with E-state index in [0.29, 0.717) is 55.9 Å². The van der Waals surface area contributed by atoms with E-state index in [9.17, 15) is 28.8 Å². The number of carboxylic acids is 1. The summed E-state index contributed by atoms with van der Waals surface area (Å²) in [5.74, 6) is -0.823. The van der Waals surface area contributed by atoms with Crippen molar-refractivity contribution in [3.63, 3.8) is 0 Å². The lowest BCUT2D eigenvalue weighted by Crippen LogP contribution is -2.47. The molecular weight excluding hydrogens is 1330 g/mol.